The zero-order chi connectivity index (χ0) is 15.1. The molecule has 0 bridgehead atoms. The highest BCUT2D eigenvalue weighted by Crippen LogP contribution is 2.09. The topological polar surface area (TPSA) is 86.8 Å². The largest absolute Gasteiger partial charge is 0.409 e. The predicted molar refractivity (Wildman–Crippen MR) is 83.3 cm³/mol. The van der Waals surface area contributed by atoms with Crippen molar-refractivity contribution in [1.29, 1.82) is 0 Å². The number of hydrogen-bond acceptors (Lipinski definition) is 5. The van der Waals surface area contributed by atoms with Crippen LogP contribution < -0.4 is 11.1 Å². The van der Waals surface area contributed by atoms with Crippen LogP contribution in [0.2, 0.25) is 0 Å². The van der Waals surface area contributed by atoms with E-state index in [4.69, 9.17) is 10.9 Å². The number of oxime groups is 1. The van der Waals surface area contributed by atoms with Crippen LogP contribution in [0, 0.1) is 0 Å². The maximum absolute atomic E-state index is 8.80. The Kier molecular flexibility index (Phi) is 5.95. The summed E-state index contributed by atoms with van der Waals surface area (Å²) in [6.45, 7) is 6.31. The van der Waals surface area contributed by atoms with Gasteiger partial charge in [0.2, 0.25) is 0 Å². The van der Waals surface area contributed by atoms with Gasteiger partial charge in [0.05, 0.1) is 0 Å². The highest BCUT2D eigenvalue weighted by atomic mass is 16.4. The van der Waals surface area contributed by atoms with Gasteiger partial charge in [-0.3, -0.25) is 4.98 Å². The molecule has 0 spiro atoms. The summed E-state index contributed by atoms with van der Waals surface area (Å²) in [7, 11) is 0. The normalized spacial score (nSPS) is 18.6. The van der Waals surface area contributed by atoms with Gasteiger partial charge in [-0.2, -0.15) is 0 Å². The first-order chi connectivity index (χ1) is 10.2. The Hall–Kier alpha value is -1.66. The third-order valence-corrected chi connectivity index (χ3v) is 3.86. The lowest BCUT2D eigenvalue weighted by molar-refractivity contribution is 0.209. The molecule has 2 rings (SSSR count). The Labute approximate surface area is 126 Å². The lowest BCUT2D eigenvalue weighted by Gasteiger charge is -2.29. The van der Waals surface area contributed by atoms with Crippen molar-refractivity contribution in [2.45, 2.75) is 38.8 Å². The molecular formula is C15H25N5O. The van der Waals surface area contributed by atoms with E-state index in [0.29, 0.717) is 18.3 Å². The molecule has 1 fully saturated rings. The summed E-state index contributed by atoms with van der Waals surface area (Å²) < 4.78 is 0. The highest BCUT2D eigenvalue weighted by molar-refractivity contribution is 5.96. The summed E-state index contributed by atoms with van der Waals surface area (Å²) in [6, 6.07) is 4.20. The van der Waals surface area contributed by atoms with E-state index in [1.54, 1.807) is 6.20 Å². The van der Waals surface area contributed by atoms with Crippen molar-refractivity contribution in [1.82, 2.24) is 15.2 Å². The molecule has 4 N–H and O–H groups in total. The van der Waals surface area contributed by atoms with Gasteiger partial charge < -0.3 is 21.2 Å². The third-order valence-electron chi connectivity index (χ3n) is 3.86. The van der Waals surface area contributed by atoms with Gasteiger partial charge in [-0.1, -0.05) is 17.6 Å². The number of hydrogen-bond donors (Lipinski definition) is 3. The van der Waals surface area contributed by atoms with Crippen LogP contribution in [0.4, 0.5) is 0 Å². The minimum atomic E-state index is 0.0519. The number of nitrogens with one attached hydrogen (secondary N) is 1. The number of aromatic nitrogens is 1. The van der Waals surface area contributed by atoms with Gasteiger partial charge in [-0.25, -0.2) is 0 Å². The number of rotatable bonds is 6. The molecule has 2 heterocycles. The summed E-state index contributed by atoms with van der Waals surface area (Å²) in [5, 5.41) is 15.3. The van der Waals surface area contributed by atoms with E-state index in [1.807, 2.05) is 12.1 Å². The van der Waals surface area contributed by atoms with Crippen LogP contribution in [0.3, 0.4) is 0 Å². The summed E-state index contributed by atoms with van der Waals surface area (Å²) in [6.07, 6.45) is 5.62. The van der Waals surface area contributed by atoms with Crippen molar-refractivity contribution >= 4 is 5.84 Å². The van der Waals surface area contributed by atoms with Crippen LogP contribution in [0.25, 0.3) is 0 Å². The van der Waals surface area contributed by atoms with Gasteiger partial charge in [-0.05, 0) is 44.5 Å². The molecule has 1 unspecified atom stereocenters. The van der Waals surface area contributed by atoms with Crippen molar-refractivity contribution in [3.05, 3.63) is 29.6 Å². The quantitative estimate of drug-likeness (QED) is 0.317. The van der Waals surface area contributed by atoms with Crippen molar-refractivity contribution in [2.75, 3.05) is 19.6 Å². The maximum Gasteiger partial charge on any atom is 0.189 e. The van der Waals surface area contributed by atoms with Gasteiger partial charge in [-0.15, -0.1) is 0 Å². The van der Waals surface area contributed by atoms with E-state index in [-0.39, 0.29) is 5.84 Å². The molecule has 21 heavy (non-hydrogen) atoms. The van der Waals surface area contributed by atoms with Crippen LogP contribution in [0.5, 0.6) is 0 Å². The Balaban J connectivity index is 1.87. The lowest BCUT2D eigenvalue weighted by atomic mass is 10.1. The first kappa shape index (κ1) is 15.7. The van der Waals surface area contributed by atoms with Crippen molar-refractivity contribution in [3.8, 4) is 0 Å². The van der Waals surface area contributed by atoms with Crippen LogP contribution in [-0.4, -0.2) is 46.6 Å². The van der Waals surface area contributed by atoms with E-state index < -0.39 is 0 Å². The Morgan fingerprint density at radius 3 is 2.95 bits per heavy atom. The van der Waals surface area contributed by atoms with Crippen molar-refractivity contribution in [3.63, 3.8) is 0 Å². The molecule has 1 aliphatic heterocycles. The standard InChI is InChI=1S/C15H25N5O/c1-12(11-20-8-3-2-4-9-20)18-10-13-6-5-7-17-14(13)15(16)19-21/h5-7,12,18,21H,2-4,8-11H2,1H3,(H2,16,19). The summed E-state index contributed by atoms with van der Waals surface area (Å²) in [5.74, 6) is 0.0519. The van der Waals surface area contributed by atoms with Gasteiger partial charge >= 0.3 is 0 Å². The SMILES string of the molecule is CC(CN1CCCCC1)NCc1cccnc1C(N)=NO. The van der Waals surface area contributed by atoms with E-state index in [2.05, 4.69) is 27.3 Å². The number of pyridine rings is 1. The second kappa shape index (κ2) is 7.95. The average Bonchev–Trinajstić information content (AvgIpc) is 2.53. The number of likely N-dealkylation sites (tertiary alicyclic amines) is 1. The summed E-state index contributed by atoms with van der Waals surface area (Å²) >= 11 is 0. The van der Waals surface area contributed by atoms with Crippen LogP contribution in [-0.2, 0) is 6.54 Å². The fourth-order valence-corrected chi connectivity index (χ4v) is 2.74. The summed E-state index contributed by atoms with van der Waals surface area (Å²) in [4.78, 5) is 6.69. The molecule has 0 saturated carbocycles. The molecule has 0 amide bonds. The maximum atomic E-state index is 8.80. The van der Waals surface area contributed by atoms with Crippen LogP contribution >= 0.6 is 0 Å². The van der Waals surface area contributed by atoms with Gasteiger partial charge in [0.15, 0.2) is 5.84 Å². The second-order valence-corrected chi connectivity index (χ2v) is 5.64. The first-order valence-corrected chi connectivity index (χ1v) is 7.58. The Morgan fingerprint density at radius 2 is 2.24 bits per heavy atom. The molecule has 116 valence electrons. The van der Waals surface area contributed by atoms with E-state index in [0.717, 1.165) is 12.1 Å². The average molecular weight is 291 g/mol. The van der Waals surface area contributed by atoms with Crippen molar-refractivity contribution in [2.24, 2.45) is 10.9 Å². The zero-order valence-corrected chi connectivity index (χ0v) is 12.6. The fraction of sp³-hybridized carbons (Fsp3) is 0.600. The molecule has 1 atom stereocenters. The molecule has 1 aromatic rings. The second-order valence-electron chi connectivity index (χ2n) is 5.64. The van der Waals surface area contributed by atoms with Gasteiger partial charge in [0.1, 0.15) is 5.69 Å². The minimum Gasteiger partial charge on any atom is -0.409 e. The molecule has 0 aromatic carbocycles. The summed E-state index contributed by atoms with van der Waals surface area (Å²) in [5.41, 5.74) is 7.13. The van der Waals surface area contributed by atoms with Crippen LogP contribution in [0.1, 0.15) is 37.4 Å². The molecule has 1 saturated heterocycles. The Morgan fingerprint density at radius 1 is 1.48 bits per heavy atom. The Bertz CT molecular complexity index is 471. The highest BCUT2D eigenvalue weighted by Gasteiger charge is 2.14. The predicted octanol–water partition coefficient (Wildman–Crippen LogP) is 1.14. The number of nitrogens with zero attached hydrogens (tertiary/aromatic N) is 3. The number of piperidine rings is 1. The number of amidine groups is 1. The molecule has 6 heteroatoms. The van der Waals surface area contributed by atoms with Gasteiger partial charge in [0.25, 0.3) is 0 Å². The molecular weight excluding hydrogens is 266 g/mol. The lowest BCUT2D eigenvalue weighted by Crippen LogP contribution is -2.41. The smallest absolute Gasteiger partial charge is 0.189 e. The van der Waals surface area contributed by atoms with Crippen molar-refractivity contribution < 1.29 is 5.21 Å². The molecule has 0 aliphatic carbocycles. The monoisotopic (exact) mass is 291 g/mol. The van der Waals surface area contributed by atoms with E-state index >= 15 is 0 Å². The first-order valence-electron chi connectivity index (χ1n) is 7.58. The molecule has 1 aliphatic rings. The zero-order valence-electron chi connectivity index (χ0n) is 12.6. The molecule has 1 aromatic heterocycles. The molecule has 0 radical (unpaired) electrons. The van der Waals surface area contributed by atoms with E-state index in [9.17, 15) is 0 Å². The third kappa shape index (κ3) is 4.68. The van der Waals surface area contributed by atoms with Gasteiger partial charge in [0, 0.05) is 25.3 Å². The van der Waals surface area contributed by atoms with Crippen LogP contribution in [0.15, 0.2) is 23.5 Å². The minimum absolute atomic E-state index is 0.0519. The number of nitrogens with two attached hydrogens (primary N) is 1. The molecule has 6 nitrogen and oxygen atoms in total. The van der Waals surface area contributed by atoms with E-state index in [1.165, 1.54) is 32.4 Å². The fourth-order valence-electron chi connectivity index (χ4n) is 2.74.